The molecule has 0 radical (unpaired) electrons. The number of hydrogen-bond donors (Lipinski definition) is 3. The van der Waals surface area contributed by atoms with Crippen LogP contribution in [0.15, 0.2) is 52.7 Å². The van der Waals surface area contributed by atoms with Crippen molar-refractivity contribution in [3.63, 3.8) is 0 Å². The van der Waals surface area contributed by atoms with Crippen molar-refractivity contribution in [3.05, 3.63) is 52.6 Å². The lowest BCUT2D eigenvalue weighted by molar-refractivity contribution is -0.384. The number of aromatic hydroxyl groups is 1. The fourth-order valence-corrected chi connectivity index (χ4v) is 2.50. The second-order valence-electron chi connectivity index (χ2n) is 5.14. The highest BCUT2D eigenvalue weighted by Crippen LogP contribution is 2.37. The van der Waals surface area contributed by atoms with E-state index in [1.807, 2.05) is 6.07 Å². The molecular weight excluding hydrogens is 358 g/mol. The Balaban J connectivity index is 1.88. The van der Waals surface area contributed by atoms with Crippen molar-refractivity contribution >= 4 is 45.3 Å². The fourth-order valence-electron chi connectivity index (χ4n) is 2.35. The predicted molar refractivity (Wildman–Crippen MR) is 100 cm³/mol. The second kappa shape index (κ2) is 7.15. The number of benzene rings is 2. The number of rotatable bonds is 4. The van der Waals surface area contributed by atoms with Crippen molar-refractivity contribution in [3.8, 4) is 11.6 Å². The van der Waals surface area contributed by atoms with Crippen LogP contribution in [-0.2, 0) is 0 Å². The van der Waals surface area contributed by atoms with Gasteiger partial charge in [-0.3, -0.25) is 10.1 Å². The Morgan fingerprint density at radius 1 is 1.35 bits per heavy atom. The van der Waals surface area contributed by atoms with Crippen LogP contribution in [0, 0.1) is 10.1 Å². The molecular formula is C16H13N5O4S. The van der Waals surface area contributed by atoms with Crippen LogP contribution >= 0.6 is 12.2 Å². The van der Waals surface area contributed by atoms with Gasteiger partial charge in [-0.05, 0) is 30.4 Å². The van der Waals surface area contributed by atoms with E-state index in [0.29, 0.717) is 22.3 Å². The Bertz CT molecular complexity index is 1030. The molecule has 0 aliphatic rings. The topological polar surface area (TPSA) is 125 Å². The zero-order valence-corrected chi connectivity index (χ0v) is 14.3. The van der Waals surface area contributed by atoms with Gasteiger partial charge >= 0.3 is 0 Å². The maximum atomic E-state index is 10.9. The summed E-state index contributed by atoms with van der Waals surface area (Å²) in [4.78, 5) is 13.1. The van der Waals surface area contributed by atoms with E-state index in [0.717, 1.165) is 0 Å². The number of aromatic nitrogens is 1. The number of para-hydroxylation sites is 2. The number of aromatic amines is 1. The molecule has 132 valence electrons. The van der Waals surface area contributed by atoms with Gasteiger partial charge in [-0.1, -0.05) is 12.1 Å². The summed E-state index contributed by atoms with van der Waals surface area (Å²) in [6.07, 6.45) is 0. The van der Waals surface area contributed by atoms with Crippen LogP contribution < -0.4 is 10.1 Å². The van der Waals surface area contributed by atoms with Gasteiger partial charge in [-0.25, -0.2) is 0 Å². The van der Waals surface area contributed by atoms with E-state index in [4.69, 9.17) is 17.0 Å². The van der Waals surface area contributed by atoms with Crippen LogP contribution in [0.25, 0.3) is 10.9 Å². The summed E-state index contributed by atoms with van der Waals surface area (Å²) in [5.41, 5.74) is 1.04. The number of nitrogens with zero attached hydrogens (tertiary/aromatic N) is 3. The number of hydrogen-bond acceptors (Lipinski definition) is 6. The number of anilines is 1. The molecule has 0 spiro atoms. The summed E-state index contributed by atoms with van der Waals surface area (Å²) in [6.45, 7) is 0. The first-order chi connectivity index (χ1) is 12.5. The number of nitro benzene ring substituents is 1. The lowest BCUT2D eigenvalue weighted by Gasteiger charge is -2.08. The molecule has 0 saturated carbocycles. The molecule has 0 bridgehead atoms. The Labute approximate surface area is 152 Å². The standard InChI is InChI=1S/C16H13N5O4S/c1-25-13-5-3-2-4-12(13)18-16(26)20-19-14-10-8-9(21(23)24)6-7-11(10)17-15(14)22/h2-8,17,22H,1H3,(H,18,26). The second-order valence-corrected chi connectivity index (χ2v) is 5.53. The molecule has 1 heterocycles. The van der Waals surface area contributed by atoms with Gasteiger partial charge in [-0.15, -0.1) is 10.2 Å². The van der Waals surface area contributed by atoms with Gasteiger partial charge in [0.1, 0.15) is 5.75 Å². The lowest BCUT2D eigenvalue weighted by atomic mass is 10.2. The Morgan fingerprint density at radius 3 is 2.85 bits per heavy atom. The summed E-state index contributed by atoms with van der Waals surface area (Å²) in [6, 6.07) is 11.2. The maximum absolute atomic E-state index is 10.9. The molecule has 3 aromatic rings. The number of H-pyrrole nitrogens is 1. The van der Waals surface area contributed by atoms with E-state index in [9.17, 15) is 15.2 Å². The molecule has 3 rings (SSSR count). The first kappa shape index (κ1) is 17.3. The number of nitrogens with one attached hydrogen (secondary N) is 2. The molecule has 0 saturated heterocycles. The van der Waals surface area contributed by atoms with Crippen molar-refractivity contribution in [2.24, 2.45) is 10.2 Å². The fraction of sp³-hybridized carbons (Fsp3) is 0.0625. The van der Waals surface area contributed by atoms with Gasteiger partial charge in [0.05, 0.1) is 23.2 Å². The highest BCUT2D eigenvalue weighted by Gasteiger charge is 2.15. The molecule has 26 heavy (non-hydrogen) atoms. The molecule has 2 aromatic carbocycles. The van der Waals surface area contributed by atoms with E-state index in [1.54, 1.807) is 18.2 Å². The average molecular weight is 371 g/mol. The molecule has 10 heteroatoms. The Morgan fingerprint density at radius 2 is 2.12 bits per heavy atom. The molecule has 0 unspecified atom stereocenters. The summed E-state index contributed by atoms with van der Waals surface area (Å²) in [7, 11) is 1.53. The normalized spacial score (nSPS) is 11.0. The van der Waals surface area contributed by atoms with Gasteiger partial charge in [0.25, 0.3) is 5.69 Å². The van der Waals surface area contributed by atoms with E-state index in [2.05, 4.69) is 20.5 Å². The number of azo groups is 1. The smallest absolute Gasteiger partial charge is 0.270 e. The van der Waals surface area contributed by atoms with Gasteiger partial charge < -0.3 is 20.1 Å². The van der Waals surface area contributed by atoms with E-state index in [1.165, 1.54) is 25.3 Å². The maximum Gasteiger partial charge on any atom is 0.270 e. The first-order valence-corrected chi connectivity index (χ1v) is 7.75. The van der Waals surface area contributed by atoms with Gasteiger partial charge in [0.2, 0.25) is 11.0 Å². The minimum Gasteiger partial charge on any atom is -0.495 e. The minimum atomic E-state index is -0.529. The summed E-state index contributed by atoms with van der Waals surface area (Å²) < 4.78 is 5.21. The molecule has 9 nitrogen and oxygen atoms in total. The van der Waals surface area contributed by atoms with Crippen LogP contribution in [0.2, 0.25) is 0 Å². The Hall–Kier alpha value is -3.53. The first-order valence-electron chi connectivity index (χ1n) is 7.34. The van der Waals surface area contributed by atoms with Crippen molar-refractivity contribution in [2.75, 3.05) is 12.4 Å². The summed E-state index contributed by atoms with van der Waals surface area (Å²) in [5, 5.41) is 32.0. The largest absolute Gasteiger partial charge is 0.495 e. The van der Waals surface area contributed by atoms with Gasteiger partial charge in [0.15, 0.2) is 5.69 Å². The van der Waals surface area contributed by atoms with Crippen molar-refractivity contribution < 1.29 is 14.8 Å². The number of non-ortho nitro benzene ring substituents is 1. The number of ether oxygens (including phenoxy) is 1. The van der Waals surface area contributed by atoms with Crippen molar-refractivity contribution in [1.29, 1.82) is 0 Å². The van der Waals surface area contributed by atoms with Crippen LogP contribution in [0.3, 0.4) is 0 Å². The van der Waals surface area contributed by atoms with Crippen LogP contribution in [0.5, 0.6) is 11.6 Å². The third-order valence-corrected chi connectivity index (χ3v) is 3.72. The molecule has 1 aromatic heterocycles. The number of nitro groups is 1. The van der Waals surface area contributed by atoms with Gasteiger partial charge in [0, 0.05) is 17.5 Å². The molecule has 0 amide bonds. The SMILES string of the molecule is COc1ccccc1NC(=S)N=Nc1c(O)[nH]c2ccc([N+](=O)[O-])cc12. The molecule has 3 N–H and O–H groups in total. The lowest BCUT2D eigenvalue weighted by Crippen LogP contribution is -2.06. The summed E-state index contributed by atoms with van der Waals surface area (Å²) in [5.74, 6) is 0.319. The van der Waals surface area contributed by atoms with Crippen LogP contribution in [-0.4, -0.2) is 27.2 Å². The molecule has 0 atom stereocenters. The van der Waals surface area contributed by atoms with E-state index in [-0.39, 0.29) is 22.4 Å². The minimum absolute atomic E-state index is 0.0358. The average Bonchev–Trinajstić information content (AvgIpc) is 2.94. The number of fused-ring (bicyclic) bond motifs is 1. The zero-order valence-electron chi connectivity index (χ0n) is 13.5. The molecule has 0 fully saturated rings. The summed E-state index contributed by atoms with van der Waals surface area (Å²) >= 11 is 5.12. The highest BCUT2D eigenvalue weighted by atomic mass is 32.1. The van der Waals surface area contributed by atoms with E-state index < -0.39 is 4.92 Å². The van der Waals surface area contributed by atoms with Crippen LogP contribution in [0.1, 0.15) is 0 Å². The van der Waals surface area contributed by atoms with Crippen LogP contribution in [0.4, 0.5) is 17.1 Å². The predicted octanol–water partition coefficient (Wildman–Crippen LogP) is 4.27. The quantitative estimate of drug-likeness (QED) is 0.272. The third kappa shape index (κ3) is 3.44. The third-order valence-electron chi connectivity index (χ3n) is 3.54. The number of thiocarbonyl (C=S) groups is 1. The number of methoxy groups -OCH3 is 1. The Kier molecular flexibility index (Phi) is 4.76. The van der Waals surface area contributed by atoms with Crippen molar-refractivity contribution in [2.45, 2.75) is 0 Å². The molecule has 0 aliphatic heterocycles. The van der Waals surface area contributed by atoms with E-state index >= 15 is 0 Å². The van der Waals surface area contributed by atoms with Crippen molar-refractivity contribution in [1.82, 2.24) is 4.98 Å². The highest BCUT2D eigenvalue weighted by molar-refractivity contribution is 7.80. The zero-order chi connectivity index (χ0) is 18.7. The van der Waals surface area contributed by atoms with Gasteiger partial charge in [-0.2, -0.15) is 0 Å². The monoisotopic (exact) mass is 371 g/mol. The molecule has 0 aliphatic carbocycles.